The zero-order chi connectivity index (χ0) is 9.19. The van der Waals surface area contributed by atoms with E-state index < -0.39 is 5.92 Å². The molecular weight excluding hydrogens is 246 g/mol. The van der Waals surface area contributed by atoms with Crippen LogP contribution in [0.25, 0.3) is 0 Å². The van der Waals surface area contributed by atoms with Crippen LogP contribution in [0.15, 0.2) is 28.7 Å². The second kappa shape index (κ2) is 4.43. The Balaban J connectivity index is 0.00000144. The van der Waals surface area contributed by atoms with Gasteiger partial charge >= 0.3 is 5.92 Å². The van der Waals surface area contributed by atoms with Gasteiger partial charge < -0.3 is 5.48 Å². The minimum atomic E-state index is -3.40. The van der Waals surface area contributed by atoms with Crippen molar-refractivity contribution in [3.8, 4) is 0 Å². The molecule has 1 aromatic rings. The van der Waals surface area contributed by atoms with Gasteiger partial charge in [-0.15, -0.1) is 0 Å². The Bertz CT molecular complexity index is 302. The van der Waals surface area contributed by atoms with E-state index in [0.29, 0.717) is 0 Å². The molecule has 0 atom stereocenters. The fraction of sp³-hybridized carbons (Fsp3) is 0.125. The summed E-state index contributed by atoms with van der Waals surface area (Å²) in [4.78, 5) is 10.0. The fourth-order valence-electron chi connectivity index (χ4n) is 0.795. The molecule has 13 heavy (non-hydrogen) atoms. The normalized spacial score (nSPS) is 10.4. The van der Waals surface area contributed by atoms with Crippen LogP contribution in [0, 0.1) is 0 Å². The van der Waals surface area contributed by atoms with Crippen molar-refractivity contribution in [2.24, 2.45) is 0 Å². The summed E-state index contributed by atoms with van der Waals surface area (Å²) in [6.07, 6.45) is -0.368. The van der Waals surface area contributed by atoms with E-state index in [1.54, 1.807) is 6.07 Å². The maximum atomic E-state index is 12.7. The van der Waals surface area contributed by atoms with Crippen molar-refractivity contribution in [2.45, 2.75) is 5.92 Å². The highest BCUT2D eigenvalue weighted by molar-refractivity contribution is 9.10. The summed E-state index contributed by atoms with van der Waals surface area (Å²) in [5.74, 6) is -3.40. The minimum Gasteiger partial charge on any atom is -0.412 e. The van der Waals surface area contributed by atoms with Gasteiger partial charge in [-0.25, -0.2) is 0 Å². The van der Waals surface area contributed by atoms with Crippen LogP contribution in [0.2, 0.25) is 0 Å². The summed E-state index contributed by atoms with van der Waals surface area (Å²) in [6.45, 7) is 0. The predicted molar refractivity (Wildman–Crippen MR) is 47.7 cm³/mol. The monoisotopic (exact) mass is 252 g/mol. The van der Waals surface area contributed by atoms with E-state index in [2.05, 4.69) is 15.9 Å². The summed E-state index contributed by atoms with van der Waals surface area (Å²) in [5, 5.41) is 0. The maximum absolute atomic E-state index is 12.7. The van der Waals surface area contributed by atoms with Gasteiger partial charge in [-0.1, -0.05) is 34.1 Å². The molecule has 0 fully saturated rings. The maximum Gasteiger partial charge on any atom is 0.328 e. The smallest absolute Gasteiger partial charge is 0.328 e. The van der Waals surface area contributed by atoms with Crippen LogP contribution < -0.4 is 0 Å². The standard InChI is InChI=1S/C8H5BrF2O.H2O/c9-7-4-2-1-3-6(7)8(10,11)5-12;/h1-5H;1H2. The van der Waals surface area contributed by atoms with Crippen LogP contribution >= 0.6 is 15.9 Å². The van der Waals surface area contributed by atoms with Gasteiger partial charge in [-0.2, -0.15) is 8.78 Å². The van der Waals surface area contributed by atoms with Crippen molar-refractivity contribution in [1.29, 1.82) is 0 Å². The van der Waals surface area contributed by atoms with E-state index in [1.165, 1.54) is 18.2 Å². The first kappa shape index (κ1) is 12.2. The number of hydrogen-bond acceptors (Lipinski definition) is 1. The number of rotatable bonds is 2. The molecule has 0 bridgehead atoms. The SMILES string of the molecule is O.O=CC(F)(F)c1ccccc1Br. The largest absolute Gasteiger partial charge is 0.412 e. The summed E-state index contributed by atoms with van der Waals surface area (Å²) < 4.78 is 25.7. The average Bonchev–Trinajstić information content (AvgIpc) is 2.05. The molecule has 0 amide bonds. The first-order chi connectivity index (χ1) is 5.58. The van der Waals surface area contributed by atoms with Gasteiger partial charge in [0.25, 0.3) is 0 Å². The number of aldehydes is 1. The van der Waals surface area contributed by atoms with Crippen LogP contribution in [0.4, 0.5) is 8.78 Å². The van der Waals surface area contributed by atoms with E-state index in [4.69, 9.17) is 0 Å². The lowest BCUT2D eigenvalue weighted by Crippen LogP contribution is -2.15. The molecule has 0 aliphatic carbocycles. The molecule has 0 radical (unpaired) electrons. The number of hydrogen-bond donors (Lipinski definition) is 0. The molecule has 72 valence electrons. The minimum absolute atomic E-state index is 0. The van der Waals surface area contributed by atoms with Crippen molar-refractivity contribution >= 4 is 22.2 Å². The Morgan fingerprint density at radius 1 is 1.31 bits per heavy atom. The van der Waals surface area contributed by atoms with Crippen molar-refractivity contribution < 1.29 is 19.1 Å². The van der Waals surface area contributed by atoms with Crippen molar-refractivity contribution in [3.05, 3.63) is 34.3 Å². The van der Waals surface area contributed by atoms with Crippen molar-refractivity contribution in [3.63, 3.8) is 0 Å². The fourth-order valence-corrected chi connectivity index (χ4v) is 1.34. The molecule has 5 heteroatoms. The third-order valence-electron chi connectivity index (χ3n) is 1.38. The number of benzene rings is 1. The van der Waals surface area contributed by atoms with Crippen molar-refractivity contribution in [1.82, 2.24) is 0 Å². The van der Waals surface area contributed by atoms with Gasteiger partial charge in [0.15, 0.2) is 6.29 Å². The Morgan fingerprint density at radius 2 is 1.85 bits per heavy atom. The third kappa shape index (κ3) is 2.57. The Hall–Kier alpha value is -0.810. The predicted octanol–water partition coefficient (Wildman–Crippen LogP) is 1.92. The Kier molecular flexibility index (Phi) is 4.16. The molecule has 2 N–H and O–H groups in total. The average molecular weight is 253 g/mol. The molecule has 1 rings (SSSR count). The van der Waals surface area contributed by atoms with Gasteiger partial charge in [0, 0.05) is 10.0 Å². The summed E-state index contributed by atoms with van der Waals surface area (Å²) in [6, 6.07) is 5.73. The van der Waals surface area contributed by atoms with Gasteiger partial charge in [-0.05, 0) is 6.07 Å². The first-order valence-electron chi connectivity index (χ1n) is 3.17. The second-order valence-corrected chi connectivity index (χ2v) is 3.08. The zero-order valence-electron chi connectivity index (χ0n) is 6.43. The highest BCUT2D eigenvalue weighted by atomic mass is 79.9. The summed E-state index contributed by atoms with van der Waals surface area (Å²) in [7, 11) is 0. The molecular formula is C8H7BrF2O2. The quantitative estimate of drug-likeness (QED) is 0.742. The lowest BCUT2D eigenvalue weighted by Gasteiger charge is -2.10. The van der Waals surface area contributed by atoms with E-state index in [9.17, 15) is 13.6 Å². The molecule has 0 heterocycles. The number of alkyl halides is 2. The molecule has 0 aliphatic rings. The molecule has 1 aromatic carbocycles. The molecule has 2 nitrogen and oxygen atoms in total. The van der Waals surface area contributed by atoms with Crippen molar-refractivity contribution in [2.75, 3.05) is 0 Å². The number of carbonyl (C=O) groups excluding carboxylic acids is 1. The van der Waals surface area contributed by atoms with E-state index in [0.717, 1.165) is 0 Å². The van der Waals surface area contributed by atoms with Crippen LogP contribution in [0.3, 0.4) is 0 Å². The van der Waals surface area contributed by atoms with Crippen LogP contribution in [-0.4, -0.2) is 11.8 Å². The molecule has 0 aromatic heterocycles. The Labute approximate surface area is 82.0 Å². The summed E-state index contributed by atoms with van der Waals surface area (Å²) in [5.41, 5.74) is -0.306. The lowest BCUT2D eigenvalue weighted by molar-refractivity contribution is -0.130. The molecule has 0 spiro atoms. The Morgan fingerprint density at radius 3 is 2.31 bits per heavy atom. The van der Waals surface area contributed by atoms with Gasteiger partial charge in [0.2, 0.25) is 0 Å². The number of carbonyl (C=O) groups is 1. The highest BCUT2D eigenvalue weighted by Crippen LogP contribution is 2.31. The van der Waals surface area contributed by atoms with Gasteiger partial charge in [0.1, 0.15) is 0 Å². The second-order valence-electron chi connectivity index (χ2n) is 2.22. The number of halogens is 3. The highest BCUT2D eigenvalue weighted by Gasteiger charge is 2.32. The van der Waals surface area contributed by atoms with Crippen LogP contribution in [0.5, 0.6) is 0 Å². The summed E-state index contributed by atoms with van der Waals surface area (Å²) >= 11 is 2.93. The molecule has 0 saturated heterocycles. The van der Waals surface area contributed by atoms with E-state index in [1.807, 2.05) is 0 Å². The molecule has 0 unspecified atom stereocenters. The van der Waals surface area contributed by atoms with Gasteiger partial charge in [-0.3, -0.25) is 4.79 Å². The van der Waals surface area contributed by atoms with Crippen LogP contribution in [0.1, 0.15) is 5.56 Å². The van der Waals surface area contributed by atoms with Crippen LogP contribution in [-0.2, 0) is 10.7 Å². The molecule has 0 aliphatic heterocycles. The first-order valence-corrected chi connectivity index (χ1v) is 3.96. The zero-order valence-corrected chi connectivity index (χ0v) is 8.01. The van der Waals surface area contributed by atoms with Gasteiger partial charge in [0.05, 0.1) is 0 Å². The lowest BCUT2D eigenvalue weighted by atomic mass is 10.1. The van der Waals surface area contributed by atoms with E-state index in [-0.39, 0.29) is 21.8 Å². The topological polar surface area (TPSA) is 48.6 Å². The third-order valence-corrected chi connectivity index (χ3v) is 2.07. The van der Waals surface area contributed by atoms with E-state index >= 15 is 0 Å². The molecule has 0 saturated carbocycles.